The van der Waals surface area contributed by atoms with E-state index in [1.807, 2.05) is 12.1 Å². The van der Waals surface area contributed by atoms with Gasteiger partial charge in [-0.05, 0) is 44.4 Å². The average Bonchev–Trinajstić information content (AvgIpc) is 3.39. The smallest absolute Gasteiger partial charge is 0.274 e. The van der Waals surface area contributed by atoms with Gasteiger partial charge in [-0.25, -0.2) is 5.48 Å². The Hall–Kier alpha value is -1.92. The van der Waals surface area contributed by atoms with Crippen molar-refractivity contribution in [1.29, 1.82) is 0 Å². The fourth-order valence-corrected chi connectivity index (χ4v) is 3.62. The van der Waals surface area contributed by atoms with E-state index in [1.165, 1.54) is 0 Å². The zero-order chi connectivity index (χ0) is 17.3. The van der Waals surface area contributed by atoms with Gasteiger partial charge >= 0.3 is 0 Å². The van der Waals surface area contributed by atoms with E-state index in [0.29, 0.717) is 11.5 Å². The highest BCUT2D eigenvalue weighted by atomic mass is 16.5. The number of amides is 2. The number of benzene rings is 1. The Morgan fingerprint density at radius 1 is 1.12 bits per heavy atom. The number of nitrogens with zero attached hydrogens (tertiary/aromatic N) is 2. The third kappa shape index (κ3) is 3.60. The standard InChI is InChI=1S/C18H25N3O3/c1-12-9-20(10-13(2)21(12)18(23)16-7-8-16)11-14-3-5-15(6-4-14)17(22)19-24/h3-6,12-13,16,24H,7-11H2,1-2H3,(H,19,22)/t12-,13+. The van der Waals surface area contributed by atoms with E-state index in [1.54, 1.807) is 17.6 Å². The molecule has 2 amide bonds. The molecule has 0 radical (unpaired) electrons. The Kier molecular flexibility index (Phi) is 4.87. The van der Waals surface area contributed by atoms with Crippen LogP contribution in [-0.4, -0.2) is 52.0 Å². The summed E-state index contributed by atoms with van der Waals surface area (Å²) in [5, 5.41) is 8.65. The van der Waals surface area contributed by atoms with Crippen molar-refractivity contribution in [3.8, 4) is 0 Å². The molecule has 1 saturated heterocycles. The maximum atomic E-state index is 12.4. The van der Waals surface area contributed by atoms with Crippen LogP contribution in [0.25, 0.3) is 0 Å². The number of nitrogens with one attached hydrogen (secondary N) is 1. The van der Waals surface area contributed by atoms with Crippen LogP contribution < -0.4 is 5.48 Å². The van der Waals surface area contributed by atoms with Crippen molar-refractivity contribution in [2.75, 3.05) is 13.1 Å². The summed E-state index contributed by atoms with van der Waals surface area (Å²) < 4.78 is 0. The van der Waals surface area contributed by atoms with Crippen LogP contribution in [-0.2, 0) is 11.3 Å². The Morgan fingerprint density at radius 2 is 1.71 bits per heavy atom. The molecule has 130 valence electrons. The van der Waals surface area contributed by atoms with Crippen molar-refractivity contribution >= 4 is 11.8 Å². The molecule has 24 heavy (non-hydrogen) atoms. The lowest BCUT2D eigenvalue weighted by Gasteiger charge is -2.44. The topological polar surface area (TPSA) is 72.9 Å². The molecule has 1 saturated carbocycles. The van der Waals surface area contributed by atoms with Crippen molar-refractivity contribution in [1.82, 2.24) is 15.3 Å². The molecule has 6 nitrogen and oxygen atoms in total. The van der Waals surface area contributed by atoms with E-state index in [0.717, 1.165) is 38.0 Å². The van der Waals surface area contributed by atoms with Gasteiger partial charge in [0.15, 0.2) is 0 Å². The van der Waals surface area contributed by atoms with Gasteiger partial charge in [0.05, 0.1) is 0 Å². The van der Waals surface area contributed by atoms with E-state index in [-0.39, 0.29) is 18.0 Å². The first-order chi connectivity index (χ1) is 11.5. The van der Waals surface area contributed by atoms with Crippen LogP contribution in [0.15, 0.2) is 24.3 Å². The van der Waals surface area contributed by atoms with Gasteiger partial charge < -0.3 is 4.90 Å². The Balaban J connectivity index is 1.60. The van der Waals surface area contributed by atoms with E-state index in [9.17, 15) is 9.59 Å². The van der Waals surface area contributed by atoms with Crippen molar-refractivity contribution in [3.63, 3.8) is 0 Å². The first kappa shape index (κ1) is 16.9. The summed E-state index contributed by atoms with van der Waals surface area (Å²) in [6.07, 6.45) is 2.10. The molecule has 6 heteroatoms. The largest absolute Gasteiger partial charge is 0.334 e. The first-order valence-electron chi connectivity index (χ1n) is 8.57. The third-order valence-corrected chi connectivity index (χ3v) is 4.90. The van der Waals surface area contributed by atoms with Gasteiger partial charge in [-0.1, -0.05) is 12.1 Å². The molecule has 0 aromatic heterocycles. The fraction of sp³-hybridized carbons (Fsp3) is 0.556. The summed E-state index contributed by atoms with van der Waals surface area (Å²) >= 11 is 0. The Labute approximate surface area is 142 Å². The molecule has 1 aliphatic heterocycles. The fourth-order valence-electron chi connectivity index (χ4n) is 3.62. The van der Waals surface area contributed by atoms with Gasteiger partial charge in [0, 0.05) is 43.2 Å². The number of carbonyl (C=O) groups excluding carboxylic acids is 2. The highest BCUT2D eigenvalue weighted by molar-refractivity contribution is 5.93. The van der Waals surface area contributed by atoms with E-state index in [4.69, 9.17) is 5.21 Å². The second-order valence-corrected chi connectivity index (χ2v) is 7.05. The van der Waals surface area contributed by atoms with E-state index in [2.05, 4.69) is 23.6 Å². The van der Waals surface area contributed by atoms with Gasteiger partial charge in [-0.3, -0.25) is 19.7 Å². The van der Waals surface area contributed by atoms with E-state index >= 15 is 0 Å². The molecule has 2 fully saturated rings. The lowest BCUT2D eigenvalue weighted by Crippen LogP contribution is -2.58. The number of hydrogen-bond acceptors (Lipinski definition) is 4. The second kappa shape index (κ2) is 6.91. The molecule has 1 aromatic carbocycles. The summed E-state index contributed by atoms with van der Waals surface area (Å²) in [7, 11) is 0. The average molecular weight is 331 g/mol. The minimum atomic E-state index is -0.504. The van der Waals surface area contributed by atoms with Gasteiger partial charge in [-0.2, -0.15) is 0 Å². The van der Waals surface area contributed by atoms with Crippen LogP contribution in [0.3, 0.4) is 0 Å². The van der Waals surface area contributed by atoms with Crippen molar-refractivity contribution in [2.24, 2.45) is 5.92 Å². The quantitative estimate of drug-likeness (QED) is 0.650. The first-order valence-corrected chi connectivity index (χ1v) is 8.57. The summed E-state index contributed by atoms with van der Waals surface area (Å²) in [4.78, 5) is 28.2. The second-order valence-electron chi connectivity index (χ2n) is 7.05. The SMILES string of the molecule is C[C@@H]1CN(Cc2ccc(C(=O)NO)cc2)C[C@H](C)N1C(=O)C1CC1. The molecule has 2 aliphatic rings. The third-order valence-electron chi connectivity index (χ3n) is 4.90. The van der Waals surface area contributed by atoms with E-state index < -0.39 is 5.91 Å². The van der Waals surface area contributed by atoms with Crippen molar-refractivity contribution < 1.29 is 14.8 Å². The van der Waals surface area contributed by atoms with Crippen LogP contribution >= 0.6 is 0 Å². The maximum Gasteiger partial charge on any atom is 0.274 e. The monoisotopic (exact) mass is 331 g/mol. The number of hydroxylamine groups is 1. The van der Waals surface area contributed by atoms with Crippen LogP contribution in [0.4, 0.5) is 0 Å². The van der Waals surface area contributed by atoms with Gasteiger partial charge in [0.25, 0.3) is 5.91 Å². The predicted octanol–water partition coefficient (Wildman–Crippen LogP) is 1.64. The lowest BCUT2D eigenvalue weighted by atomic mass is 10.0. The van der Waals surface area contributed by atoms with Crippen molar-refractivity contribution in [3.05, 3.63) is 35.4 Å². The van der Waals surface area contributed by atoms with Crippen LogP contribution in [0.5, 0.6) is 0 Å². The molecule has 1 aliphatic carbocycles. The number of carbonyl (C=O) groups is 2. The Morgan fingerprint density at radius 3 is 2.21 bits per heavy atom. The normalized spacial score (nSPS) is 24.7. The Bertz CT molecular complexity index is 600. The van der Waals surface area contributed by atoms with Gasteiger partial charge in [0.1, 0.15) is 0 Å². The minimum absolute atomic E-state index is 0.223. The van der Waals surface area contributed by atoms with Gasteiger partial charge in [-0.15, -0.1) is 0 Å². The summed E-state index contributed by atoms with van der Waals surface area (Å²) in [6.45, 7) is 6.76. The molecule has 1 heterocycles. The van der Waals surface area contributed by atoms with Crippen LogP contribution in [0.1, 0.15) is 42.6 Å². The minimum Gasteiger partial charge on any atom is -0.334 e. The number of hydrogen-bond donors (Lipinski definition) is 2. The van der Waals surface area contributed by atoms with Crippen LogP contribution in [0.2, 0.25) is 0 Å². The highest BCUT2D eigenvalue weighted by Crippen LogP contribution is 2.33. The molecule has 0 bridgehead atoms. The lowest BCUT2D eigenvalue weighted by molar-refractivity contribution is -0.140. The molecular weight excluding hydrogens is 306 g/mol. The summed E-state index contributed by atoms with van der Waals surface area (Å²) in [5.74, 6) is 0.0941. The molecular formula is C18H25N3O3. The summed E-state index contributed by atoms with van der Waals surface area (Å²) in [6, 6.07) is 7.67. The molecule has 0 spiro atoms. The molecule has 1 aromatic rings. The molecule has 2 atom stereocenters. The van der Waals surface area contributed by atoms with Gasteiger partial charge in [0.2, 0.25) is 5.91 Å². The van der Waals surface area contributed by atoms with Crippen LogP contribution in [0, 0.1) is 5.92 Å². The highest BCUT2D eigenvalue weighted by Gasteiger charge is 2.40. The predicted molar refractivity (Wildman–Crippen MR) is 89.5 cm³/mol. The van der Waals surface area contributed by atoms with Crippen molar-refractivity contribution in [2.45, 2.75) is 45.3 Å². The molecule has 2 N–H and O–H groups in total. The number of piperazine rings is 1. The number of rotatable bonds is 4. The molecule has 0 unspecified atom stereocenters. The zero-order valence-corrected chi connectivity index (χ0v) is 14.2. The maximum absolute atomic E-state index is 12.4. The molecule has 3 rings (SSSR count). The summed E-state index contributed by atoms with van der Waals surface area (Å²) in [5.41, 5.74) is 3.19. The zero-order valence-electron chi connectivity index (χ0n) is 14.2.